The second kappa shape index (κ2) is 4.58. The average Bonchev–Trinajstić information content (AvgIpc) is 2.07. The topological polar surface area (TPSA) is 58.4 Å². The molecule has 4 heteroatoms. The van der Waals surface area contributed by atoms with Crippen LogP contribution in [0.2, 0.25) is 0 Å². The van der Waals surface area contributed by atoms with E-state index in [0.717, 1.165) is 19.4 Å². The highest BCUT2D eigenvalue weighted by atomic mass is 16.1. The van der Waals surface area contributed by atoms with Crippen molar-refractivity contribution in [2.75, 3.05) is 20.1 Å². The van der Waals surface area contributed by atoms with E-state index < -0.39 is 0 Å². The molecule has 1 aliphatic rings. The SMILES string of the molecule is CC1CC(NCC(N)=O)CCN1C. The molecule has 4 nitrogen and oxygen atoms in total. The molecular weight excluding hydrogens is 166 g/mol. The van der Waals surface area contributed by atoms with Crippen molar-refractivity contribution in [3.05, 3.63) is 0 Å². The lowest BCUT2D eigenvalue weighted by atomic mass is 9.99. The molecule has 2 atom stereocenters. The van der Waals surface area contributed by atoms with Crippen molar-refractivity contribution in [3.63, 3.8) is 0 Å². The fraction of sp³-hybridized carbons (Fsp3) is 0.889. The third-order valence-corrected chi connectivity index (χ3v) is 2.77. The summed E-state index contributed by atoms with van der Waals surface area (Å²) in [5.41, 5.74) is 5.06. The van der Waals surface area contributed by atoms with E-state index in [-0.39, 0.29) is 5.91 Å². The number of hydrogen-bond acceptors (Lipinski definition) is 3. The van der Waals surface area contributed by atoms with Gasteiger partial charge in [0.25, 0.3) is 0 Å². The van der Waals surface area contributed by atoms with E-state index in [1.807, 2.05) is 0 Å². The summed E-state index contributed by atoms with van der Waals surface area (Å²) in [6.45, 7) is 3.61. The number of rotatable bonds is 3. The first-order valence-electron chi connectivity index (χ1n) is 4.81. The van der Waals surface area contributed by atoms with Gasteiger partial charge in [-0.1, -0.05) is 0 Å². The summed E-state index contributed by atoms with van der Waals surface area (Å²) in [6, 6.07) is 1.05. The first-order chi connectivity index (χ1) is 6.09. The molecule has 1 fully saturated rings. The highest BCUT2D eigenvalue weighted by molar-refractivity contribution is 5.75. The lowest BCUT2D eigenvalue weighted by Gasteiger charge is -2.35. The summed E-state index contributed by atoms with van der Waals surface area (Å²) in [5, 5.41) is 3.17. The Kier molecular flexibility index (Phi) is 3.69. The van der Waals surface area contributed by atoms with Gasteiger partial charge in [-0.15, -0.1) is 0 Å². The predicted molar refractivity (Wildman–Crippen MR) is 52.3 cm³/mol. The van der Waals surface area contributed by atoms with Crippen LogP contribution >= 0.6 is 0 Å². The minimum Gasteiger partial charge on any atom is -0.369 e. The third-order valence-electron chi connectivity index (χ3n) is 2.77. The van der Waals surface area contributed by atoms with Crippen LogP contribution in [-0.2, 0) is 4.79 Å². The molecule has 3 N–H and O–H groups in total. The van der Waals surface area contributed by atoms with E-state index in [4.69, 9.17) is 5.73 Å². The maximum absolute atomic E-state index is 10.5. The highest BCUT2D eigenvalue weighted by Gasteiger charge is 2.22. The molecule has 0 aliphatic carbocycles. The monoisotopic (exact) mass is 185 g/mol. The number of primary amides is 1. The summed E-state index contributed by atoms with van der Waals surface area (Å²) in [5.74, 6) is -0.272. The maximum Gasteiger partial charge on any atom is 0.231 e. The smallest absolute Gasteiger partial charge is 0.231 e. The van der Waals surface area contributed by atoms with Crippen LogP contribution in [-0.4, -0.2) is 43.0 Å². The van der Waals surface area contributed by atoms with Gasteiger partial charge < -0.3 is 16.0 Å². The number of amides is 1. The molecule has 1 rings (SSSR count). The number of carbonyl (C=O) groups is 1. The number of piperidine rings is 1. The fourth-order valence-corrected chi connectivity index (χ4v) is 1.72. The van der Waals surface area contributed by atoms with Crippen molar-refractivity contribution in [1.29, 1.82) is 0 Å². The fourth-order valence-electron chi connectivity index (χ4n) is 1.72. The summed E-state index contributed by atoms with van der Waals surface area (Å²) in [6.07, 6.45) is 2.21. The van der Waals surface area contributed by atoms with Gasteiger partial charge in [0.2, 0.25) is 5.91 Å². The molecule has 0 saturated carbocycles. The zero-order valence-electron chi connectivity index (χ0n) is 8.42. The lowest BCUT2D eigenvalue weighted by Crippen LogP contribution is -2.47. The van der Waals surface area contributed by atoms with E-state index in [9.17, 15) is 4.79 Å². The Morgan fingerprint density at radius 3 is 2.92 bits per heavy atom. The molecule has 13 heavy (non-hydrogen) atoms. The van der Waals surface area contributed by atoms with Crippen LogP contribution in [0.5, 0.6) is 0 Å². The first kappa shape index (κ1) is 10.5. The normalized spacial score (nSPS) is 30.3. The quantitative estimate of drug-likeness (QED) is 0.626. The van der Waals surface area contributed by atoms with E-state index in [1.54, 1.807) is 0 Å². The number of nitrogens with zero attached hydrogens (tertiary/aromatic N) is 1. The largest absolute Gasteiger partial charge is 0.369 e. The number of hydrogen-bond donors (Lipinski definition) is 2. The molecule has 0 bridgehead atoms. The van der Waals surface area contributed by atoms with Crippen molar-refractivity contribution in [1.82, 2.24) is 10.2 Å². The minimum absolute atomic E-state index is 0.272. The van der Waals surface area contributed by atoms with Gasteiger partial charge in [-0.05, 0) is 33.4 Å². The molecule has 0 aromatic carbocycles. The van der Waals surface area contributed by atoms with Gasteiger partial charge in [-0.25, -0.2) is 0 Å². The van der Waals surface area contributed by atoms with Gasteiger partial charge in [0, 0.05) is 12.1 Å². The Hall–Kier alpha value is -0.610. The number of carbonyl (C=O) groups excluding carboxylic acids is 1. The Balaban J connectivity index is 2.25. The van der Waals surface area contributed by atoms with E-state index in [2.05, 4.69) is 24.2 Å². The Morgan fingerprint density at radius 1 is 1.69 bits per heavy atom. The van der Waals surface area contributed by atoms with Crippen LogP contribution in [0.15, 0.2) is 0 Å². The summed E-state index contributed by atoms with van der Waals surface area (Å²) in [4.78, 5) is 12.9. The van der Waals surface area contributed by atoms with Crippen LogP contribution in [0, 0.1) is 0 Å². The Bertz CT molecular complexity index is 184. The van der Waals surface area contributed by atoms with Gasteiger partial charge in [0.05, 0.1) is 6.54 Å². The zero-order chi connectivity index (χ0) is 9.84. The summed E-state index contributed by atoms with van der Waals surface area (Å²) < 4.78 is 0. The molecule has 0 aromatic rings. The second-order valence-electron chi connectivity index (χ2n) is 3.90. The van der Waals surface area contributed by atoms with E-state index in [1.165, 1.54) is 0 Å². The average molecular weight is 185 g/mol. The molecule has 1 heterocycles. The molecule has 0 spiro atoms. The Morgan fingerprint density at radius 2 is 2.38 bits per heavy atom. The number of nitrogens with one attached hydrogen (secondary N) is 1. The summed E-state index contributed by atoms with van der Waals surface area (Å²) in [7, 11) is 2.13. The van der Waals surface area contributed by atoms with Crippen LogP contribution in [0.25, 0.3) is 0 Å². The molecule has 2 unspecified atom stereocenters. The molecule has 1 amide bonds. The van der Waals surface area contributed by atoms with Gasteiger partial charge in [-0.3, -0.25) is 4.79 Å². The standard InChI is InChI=1S/C9H19N3O/c1-7-5-8(3-4-12(7)2)11-6-9(10)13/h7-8,11H,3-6H2,1-2H3,(H2,10,13). The van der Waals surface area contributed by atoms with Crippen molar-refractivity contribution in [2.45, 2.75) is 31.8 Å². The van der Waals surface area contributed by atoms with Gasteiger partial charge >= 0.3 is 0 Å². The van der Waals surface area contributed by atoms with Gasteiger partial charge in [0.15, 0.2) is 0 Å². The Labute approximate surface area is 79.5 Å². The zero-order valence-corrected chi connectivity index (χ0v) is 8.42. The molecule has 1 aliphatic heterocycles. The van der Waals surface area contributed by atoms with Gasteiger partial charge in [0.1, 0.15) is 0 Å². The predicted octanol–water partition coefficient (Wildman–Crippen LogP) is -0.456. The maximum atomic E-state index is 10.5. The van der Waals surface area contributed by atoms with Crippen molar-refractivity contribution < 1.29 is 4.79 Å². The van der Waals surface area contributed by atoms with Crippen LogP contribution in [0.4, 0.5) is 0 Å². The van der Waals surface area contributed by atoms with Crippen LogP contribution < -0.4 is 11.1 Å². The van der Waals surface area contributed by atoms with Crippen LogP contribution in [0.3, 0.4) is 0 Å². The van der Waals surface area contributed by atoms with Crippen LogP contribution in [0.1, 0.15) is 19.8 Å². The van der Waals surface area contributed by atoms with E-state index in [0.29, 0.717) is 18.6 Å². The molecular formula is C9H19N3O. The van der Waals surface area contributed by atoms with Gasteiger partial charge in [-0.2, -0.15) is 0 Å². The number of nitrogens with two attached hydrogens (primary N) is 1. The molecule has 1 saturated heterocycles. The minimum atomic E-state index is -0.272. The molecule has 0 radical (unpaired) electrons. The third kappa shape index (κ3) is 3.32. The highest BCUT2D eigenvalue weighted by Crippen LogP contribution is 2.14. The lowest BCUT2D eigenvalue weighted by molar-refractivity contribution is -0.117. The van der Waals surface area contributed by atoms with Crippen molar-refractivity contribution in [2.24, 2.45) is 5.73 Å². The molecule has 76 valence electrons. The number of likely N-dealkylation sites (tertiary alicyclic amines) is 1. The summed E-state index contributed by atoms with van der Waals surface area (Å²) >= 11 is 0. The van der Waals surface area contributed by atoms with Crippen molar-refractivity contribution >= 4 is 5.91 Å². The first-order valence-corrected chi connectivity index (χ1v) is 4.81. The second-order valence-corrected chi connectivity index (χ2v) is 3.90. The molecule has 0 aromatic heterocycles. The van der Waals surface area contributed by atoms with E-state index >= 15 is 0 Å². The van der Waals surface area contributed by atoms with Crippen molar-refractivity contribution in [3.8, 4) is 0 Å².